The Balaban J connectivity index is 1.76. The summed E-state index contributed by atoms with van der Waals surface area (Å²) in [5.41, 5.74) is 6.07. The molecule has 6 heteroatoms. The maximum Gasteiger partial charge on any atom is 0.134 e. The fourth-order valence-corrected chi connectivity index (χ4v) is 10.4. The van der Waals surface area contributed by atoms with Gasteiger partial charge in [0.05, 0.1) is 39.6 Å². The molecule has 0 saturated carbocycles. The Morgan fingerprint density at radius 1 is 0.489 bits per heavy atom. The molecule has 0 bridgehead atoms. The number of ketones is 1. The van der Waals surface area contributed by atoms with Gasteiger partial charge in [-0.05, 0) is 51.8 Å². The number of benzene rings is 5. The molecule has 0 N–H and O–H groups in total. The summed E-state index contributed by atoms with van der Waals surface area (Å²) in [6, 6.07) is 39.1. The molecule has 1 aliphatic heterocycles. The van der Waals surface area contributed by atoms with Crippen LogP contribution in [-0.4, -0.2) is 34.2 Å². The van der Waals surface area contributed by atoms with E-state index in [4.69, 9.17) is 18.9 Å². The van der Waals surface area contributed by atoms with Crippen LogP contribution in [0.25, 0.3) is 22.3 Å². The molecule has 0 amide bonds. The number of ether oxygens (including phenoxy) is 4. The highest BCUT2D eigenvalue weighted by Gasteiger charge is 2.42. The Morgan fingerprint density at radius 2 is 0.844 bits per heavy atom. The Morgan fingerprint density at radius 3 is 1.20 bits per heavy atom. The van der Waals surface area contributed by atoms with Gasteiger partial charge in [-0.15, -0.1) is 0 Å². The molecule has 1 fully saturated rings. The molecule has 2 unspecified atom stereocenters. The van der Waals surface area contributed by atoms with E-state index in [-0.39, 0.29) is 17.1 Å². The lowest BCUT2D eigenvalue weighted by Gasteiger charge is -2.41. The van der Waals surface area contributed by atoms with Gasteiger partial charge in [0.15, 0.2) is 0 Å². The molecule has 228 valence electrons. The van der Waals surface area contributed by atoms with Crippen LogP contribution in [0.2, 0.25) is 0 Å². The fourth-order valence-electron chi connectivity index (χ4n) is 6.61. The van der Waals surface area contributed by atoms with Crippen molar-refractivity contribution < 1.29 is 23.7 Å². The first kappa shape index (κ1) is 30.4. The molecule has 1 heterocycles. The number of rotatable bonds is 9. The van der Waals surface area contributed by atoms with Gasteiger partial charge in [0.2, 0.25) is 0 Å². The summed E-state index contributed by atoms with van der Waals surface area (Å²) >= 11 is 0. The van der Waals surface area contributed by atoms with E-state index < -0.39 is 7.92 Å². The Hall–Kier alpha value is -4.60. The second-order valence-electron chi connectivity index (χ2n) is 11.0. The Kier molecular flexibility index (Phi) is 9.18. The Bertz CT molecular complexity index is 1620. The smallest absolute Gasteiger partial charge is 0.134 e. The van der Waals surface area contributed by atoms with E-state index in [1.54, 1.807) is 28.4 Å². The van der Waals surface area contributed by atoms with Crippen LogP contribution >= 0.6 is 7.92 Å². The average molecular weight is 617 g/mol. The maximum absolute atomic E-state index is 13.6. The minimum Gasteiger partial charge on any atom is -0.496 e. The lowest BCUT2D eigenvalue weighted by atomic mass is 9.96. The lowest BCUT2D eigenvalue weighted by Crippen LogP contribution is -2.26. The summed E-state index contributed by atoms with van der Waals surface area (Å²) in [6.07, 6.45) is 0.942. The molecule has 0 radical (unpaired) electrons. The summed E-state index contributed by atoms with van der Waals surface area (Å²) in [5.74, 6) is 3.15. The number of methoxy groups -OCH3 is 4. The van der Waals surface area contributed by atoms with Crippen molar-refractivity contribution >= 4 is 19.0 Å². The molecule has 5 nitrogen and oxygen atoms in total. The zero-order valence-corrected chi connectivity index (χ0v) is 26.9. The normalized spacial score (nSPS) is 17.9. The van der Waals surface area contributed by atoms with Gasteiger partial charge < -0.3 is 18.9 Å². The quantitative estimate of drug-likeness (QED) is 0.155. The predicted molar refractivity (Wildman–Crippen MR) is 183 cm³/mol. The molecular weight excluding hydrogens is 579 g/mol. The highest BCUT2D eigenvalue weighted by atomic mass is 31.1. The molecule has 0 aromatic heterocycles. The molecule has 45 heavy (non-hydrogen) atoms. The van der Waals surface area contributed by atoms with Crippen LogP contribution in [0.15, 0.2) is 115 Å². The molecule has 0 spiro atoms. The zero-order valence-electron chi connectivity index (χ0n) is 26.0. The van der Waals surface area contributed by atoms with Crippen LogP contribution in [0.3, 0.4) is 0 Å². The molecule has 5 aromatic rings. The van der Waals surface area contributed by atoms with Gasteiger partial charge in [-0.1, -0.05) is 98.9 Å². The van der Waals surface area contributed by atoms with Gasteiger partial charge in [-0.2, -0.15) is 0 Å². The summed E-state index contributed by atoms with van der Waals surface area (Å²) < 4.78 is 23.9. The van der Waals surface area contributed by atoms with Crippen LogP contribution in [0, 0.1) is 0 Å². The molecule has 2 atom stereocenters. The average Bonchev–Trinajstić information content (AvgIpc) is 3.11. The first-order valence-corrected chi connectivity index (χ1v) is 16.5. The van der Waals surface area contributed by atoms with E-state index in [1.807, 2.05) is 48.5 Å². The van der Waals surface area contributed by atoms with E-state index >= 15 is 0 Å². The van der Waals surface area contributed by atoms with E-state index in [2.05, 4.69) is 66.7 Å². The SMILES string of the molecule is COc1cccc(OC)c1-c1cccc(-c2c(OC)cccc2OC)c1P1C(c2ccccc2)CC(=O)CC1c1ccccc1. The monoisotopic (exact) mass is 616 g/mol. The summed E-state index contributed by atoms with van der Waals surface area (Å²) in [5, 5.41) is 1.16. The van der Waals surface area contributed by atoms with Gasteiger partial charge in [0.25, 0.3) is 0 Å². The number of carbonyl (C=O) groups excluding carboxylic acids is 1. The molecule has 1 aliphatic rings. The van der Waals surface area contributed by atoms with Gasteiger partial charge in [-0.3, -0.25) is 4.79 Å². The maximum atomic E-state index is 13.6. The van der Waals surface area contributed by atoms with Crippen molar-refractivity contribution in [1.82, 2.24) is 0 Å². The third kappa shape index (κ3) is 5.81. The van der Waals surface area contributed by atoms with Crippen LogP contribution in [0.1, 0.15) is 35.3 Å². The topological polar surface area (TPSA) is 54.0 Å². The molecule has 6 rings (SSSR count). The van der Waals surface area contributed by atoms with Gasteiger partial charge >= 0.3 is 0 Å². The summed E-state index contributed by atoms with van der Waals surface area (Å²) in [7, 11) is 5.68. The number of hydrogen-bond donors (Lipinski definition) is 0. The van der Waals surface area contributed by atoms with Crippen molar-refractivity contribution in [3.8, 4) is 45.3 Å². The number of Topliss-reactive ketones (excluding diaryl/α,β-unsaturated/α-hetero) is 1. The molecule has 0 aliphatic carbocycles. The van der Waals surface area contributed by atoms with Gasteiger partial charge in [0.1, 0.15) is 28.8 Å². The van der Waals surface area contributed by atoms with Gasteiger partial charge in [-0.25, -0.2) is 0 Å². The summed E-state index contributed by atoms with van der Waals surface area (Å²) in [6.45, 7) is 0. The van der Waals surface area contributed by atoms with E-state index in [9.17, 15) is 4.79 Å². The van der Waals surface area contributed by atoms with Crippen molar-refractivity contribution in [3.63, 3.8) is 0 Å². The van der Waals surface area contributed by atoms with Crippen molar-refractivity contribution in [2.24, 2.45) is 0 Å². The van der Waals surface area contributed by atoms with E-state index in [0.29, 0.717) is 12.8 Å². The zero-order chi connectivity index (χ0) is 31.3. The third-order valence-electron chi connectivity index (χ3n) is 8.57. The largest absolute Gasteiger partial charge is 0.496 e. The first-order valence-electron chi connectivity index (χ1n) is 15.0. The standard InChI is InChI=1S/C39H37O5P/c1-41-31-20-12-21-32(42-2)37(31)29-18-11-19-30(38-33(43-3)22-13-23-34(38)44-4)39(29)45-35(26-14-7-5-8-15-26)24-28(40)25-36(45)27-16-9-6-10-17-27/h5-23,35-36H,24-25H2,1-4H3. The minimum atomic E-state index is -1.07. The fraction of sp³-hybridized carbons (Fsp3) is 0.205. The van der Waals surface area contributed by atoms with Crippen molar-refractivity contribution in [1.29, 1.82) is 0 Å². The van der Waals surface area contributed by atoms with E-state index in [1.165, 1.54) is 0 Å². The second kappa shape index (κ2) is 13.6. The van der Waals surface area contributed by atoms with Crippen LogP contribution in [0.4, 0.5) is 0 Å². The molecule has 5 aromatic carbocycles. The molecule has 1 saturated heterocycles. The van der Waals surface area contributed by atoms with Gasteiger partial charge in [0, 0.05) is 24.2 Å². The second-order valence-corrected chi connectivity index (χ2v) is 13.5. The van der Waals surface area contributed by atoms with Crippen molar-refractivity contribution in [3.05, 3.63) is 126 Å². The predicted octanol–water partition coefficient (Wildman–Crippen LogP) is 9.01. The first-order chi connectivity index (χ1) is 22.1. The number of carbonyl (C=O) groups is 1. The minimum absolute atomic E-state index is 0.0195. The lowest BCUT2D eigenvalue weighted by molar-refractivity contribution is -0.119. The Labute approximate surface area is 266 Å². The van der Waals surface area contributed by atoms with Crippen LogP contribution < -0.4 is 24.3 Å². The highest BCUT2D eigenvalue weighted by molar-refractivity contribution is 7.67. The summed E-state index contributed by atoms with van der Waals surface area (Å²) in [4.78, 5) is 13.6. The van der Waals surface area contributed by atoms with E-state index in [0.717, 1.165) is 61.7 Å². The third-order valence-corrected chi connectivity index (χ3v) is 11.9. The van der Waals surface area contributed by atoms with Crippen molar-refractivity contribution in [2.45, 2.75) is 24.2 Å². The van der Waals surface area contributed by atoms with Crippen molar-refractivity contribution in [2.75, 3.05) is 28.4 Å². The number of hydrogen-bond acceptors (Lipinski definition) is 5. The van der Waals surface area contributed by atoms with Crippen LogP contribution in [0.5, 0.6) is 23.0 Å². The highest BCUT2D eigenvalue weighted by Crippen LogP contribution is 2.68. The molecular formula is C39H37O5P. The van der Waals surface area contributed by atoms with Crippen LogP contribution in [-0.2, 0) is 4.79 Å².